The lowest BCUT2D eigenvalue weighted by molar-refractivity contribution is -0.132. The van der Waals surface area contributed by atoms with Gasteiger partial charge in [0.25, 0.3) is 0 Å². The average molecular weight is 298 g/mol. The van der Waals surface area contributed by atoms with Crippen LogP contribution in [0.15, 0.2) is 5.16 Å². The van der Waals surface area contributed by atoms with Crippen molar-refractivity contribution in [3.63, 3.8) is 0 Å². The quantitative estimate of drug-likeness (QED) is 0.808. The van der Waals surface area contributed by atoms with Gasteiger partial charge < -0.3 is 9.64 Å². The molecule has 0 radical (unpaired) electrons. The lowest BCUT2D eigenvalue weighted by Crippen LogP contribution is -2.44. The van der Waals surface area contributed by atoms with Crippen molar-refractivity contribution in [3.8, 4) is 0 Å². The summed E-state index contributed by atoms with van der Waals surface area (Å²) < 4.78 is 5.75. The summed E-state index contributed by atoms with van der Waals surface area (Å²) in [6.45, 7) is 6.27. The van der Waals surface area contributed by atoms with E-state index in [1.807, 2.05) is 11.8 Å². The highest BCUT2D eigenvalue weighted by molar-refractivity contribution is 7.99. The molecular weight excluding hydrogens is 276 g/mol. The van der Waals surface area contributed by atoms with E-state index in [1.165, 1.54) is 11.8 Å². The first-order valence-corrected chi connectivity index (χ1v) is 8.08. The minimum Gasteiger partial charge on any atom is -0.376 e. The van der Waals surface area contributed by atoms with Gasteiger partial charge in [0.05, 0.1) is 11.9 Å². The van der Waals surface area contributed by atoms with Crippen LogP contribution in [0, 0.1) is 6.92 Å². The molecule has 1 aromatic heterocycles. The van der Waals surface area contributed by atoms with Crippen molar-refractivity contribution >= 4 is 17.7 Å². The molecule has 1 aromatic rings. The number of H-pyrrole nitrogens is 1. The molecule has 1 amide bonds. The summed E-state index contributed by atoms with van der Waals surface area (Å²) in [5, 5.41) is 7.43. The molecule has 112 valence electrons. The van der Waals surface area contributed by atoms with Crippen LogP contribution in [0.1, 0.15) is 32.0 Å². The number of aryl methyl sites for hydroxylation is 1. The maximum atomic E-state index is 12.2. The number of hydrogen-bond acceptors (Lipinski definition) is 5. The summed E-state index contributed by atoms with van der Waals surface area (Å²) in [4.78, 5) is 18.3. The highest BCUT2D eigenvalue weighted by Crippen LogP contribution is 2.17. The van der Waals surface area contributed by atoms with Crippen LogP contribution in [0.25, 0.3) is 0 Å². The number of aromatic amines is 1. The molecule has 2 rings (SSSR count). The molecule has 1 aliphatic heterocycles. The van der Waals surface area contributed by atoms with Gasteiger partial charge in [-0.3, -0.25) is 9.89 Å². The molecule has 1 aliphatic rings. The van der Waals surface area contributed by atoms with E-state index >= 15 is 0 Å². The second-order valence-corrected chi connectivity index (χ2v) is 5.91. The van der Waals surface area contributed by atoms with Crippen molar-refractivity contribution < 1.29 is 9.53 Å². The van der Waals surface area contributed by atoms with Gasteiger partial charge in [-0.2, -0.15) is 0 Å². The van der Waals surface area contributed by atoms with Crippen molar-refractivity contribution in [2.45, 2.75) is 44.4 Å². The van der Waals surface area contributed by atoms with E-state index in [1.54, 1.807) is 0 Å². The molecule has 2 heterocycles. The smallest absolute Gasteiger partial charge is 0.233 e. The lowest BCUT2D eigenvalue weighted by atomic mass is 10.1. The van der Waals surface area contributed by atoms with E-state index in [0.717, 1.165) is 38.2 Å². The van der Waals surface area contributed by atoms with Gasteiger partial charge in [-0.1, -0.05) is 18.7 Å². The Morgan fingerprint density at radius 3 is 3.15 bits per heavy atom. The zero-order chi connectivity index (χ0) is 14.4. The van der Waals surface area contributed by atoms with Gasteiger partial charge in [0.2, 0.25) is 11.1 Å². The second-order valence-electron chi connectivity index (χ2n) is 4.97. The van der Waals surface area contributed by atoms with E-state index < -0.39 is 0 Å². The van der Waals surface area contributed by atoms with Crippen LogP contribution in [-0.2, 0) is 9.53 Å². The van der Waals surface area contributed by atoms with Crippen molar-refractivity contribution in [1.82, 2.24) is 20.1 Å². The van der Waals surface area contributed by atoms with Crippen molar-refractivity contribution in [1.29, 1.82) is 0 Å². The third-order valence-electron chi connectivity index (χ3n) is 3.19. The predicted octanol–water partition coefficient (Wildman–Crippen LogP) is 1.62. The van der Waals surface area contributed by atoms with Crippen LogP contribution in [-0.4, -0.2) is 57.5 Å². The van der Waals surface area contributed by atoms with Crippen LogP contribution in [0.5, 0.6) is 0 Å². The monoisotopic (exact) mass is 298 g/mol. The van der Waals surface area contributed by atoms with E-state index in [0.29, 0.717) is 17.5 Å². The highest BCUT2D eigenvalue weighted by atomic mass is 32.2. The van der Waals surface area contributed by atoms with E-state index in [4.69, 9.17) is 4.74 Å². The van der Waals surface area contributed by atoms with Gasteiger partial charge in [-0.05, 0) is 26.2 Å². The Hall–Kier alpha value is -1.08. The van der Waals surface area contributed by atoms with Crippen molar-refractivity contribution in [3.05, 3.63) is 5.82 Å². The maximum absolute atomic E-state index is 12.2. The van der Waals surface area contributed by atoms with Crippen LogP contribution < -0.4 is 0 Å². The Morgan fingerprint density at radius 2 is 2.45 bits per heavy atom. The number of piperidine rings is 1. The predicted molar refractivity (Wildman–Crippen MR) is 77.7 cm³/mol. The SMILES string of the molecule is CCCO[C@@H]1CCCN(C(=O)CSc2n[nH]c(C)n2)C1. The number of amides is 1. The van der Waals surface area contributed by atoms with Gasteiger partial charge in [-0.25, -0.2) is 4.98 Å². The molecule has 0 bridgehead atoms. The van der Waals surface area contributed by atoms with Gasteiger partial charge in [0, 0.05) is 19.7 Å². The molecule has 0 saturated carbocycles. The van der Waals surface area contributed by atoms with Gasteiger partial charge in [0.15, 0.2) is 0 Å². The van der Waals surface area contributed by atoms with E-state index in [9.17, 15) is 4.79 Å². The van der Waals surface area contributed by atoms with Crippen LogP contribution >= 0.6 is 11.8 Å². The first-order valence-electron chi connectivity index (χ1n) is 7.10. The summed E-state index contributed by atoms with van der Waals surface area (Å²) in [6, 6.07) is 0. The molecular formula is C13H22N4O2S. The zero-order valence-corrected chi connectivity index (χ0v) is 12.9. The Kier molecular flexibility index (Phi) is 5.85. The maximum Gasteiger partial charge on any atom is 0.233 e. The van der Waals surface area contributed by atoms with Gasteiger partial charge >= 0.3 is 0 Å². The third-order valence-corrected chi connectivity index (χ3v) is 4.02. The standard InChI is InChI=1S/C13H22N4O2S/c1-3-7-19-11-5-4-6-17(8-11)12(18)9-20-13-14-10(2)15-16-13/h11H,3-9H2,1-2H3,(H,14,15,16)/t11-/m1/s1. The normalized spacial score (nSPS) is 19.3. The fourth-order valence-electron chi connectivity index (χ4n) is 2.19. The fraction of sp³-hybridized carbons (Fsp3) is 0.769. The Labute approximate surface area is 123 Å². The van der Waals surface area contributed by atoms with E-state index in [2.05, 4.69) is 22.1 Å². The number of thioether (sulfide) groups is 1. The molecule has 0 aromatic carbocycles. The number of ether oxygens (including phenoxy) is 1. The molecule has 6 nitrogen and oxygen atoms in total. The van der Waals surface area contributed by atoms with Crippen molar-refractivity contribution in [2.24, 2.45) is 0 Å². The summed E-state index contributed by atoms with van der Waals surface area (Å²) >= 11 is 1.38. The average Bonchev–Trinajstić information content (AvgIpc) is 2.88. The molecule has 1 N–H and O–H groups in total. The second kappa shape index (κ2) is 7.64. The number of aromatic nitrogens is 3. The minimum absolute atomic E-state index is 0.141. The number of carbonyl (C=O) groups is 1. The molecule has 0 aliphatic carbocycles. The van der Waals surface area contributed by atoms with Crippen molar-refractivity contribution in [2.75, 3.05) is 25.4 Å². The minimum atomic E-state index is 0.141. The van der Waals surface area contributed by atoms with E-state index in [-0.39, 0.29) is 12.0 Å². The number of likely N-dealkylation sites (tertiary alicyclic amines) is 1. The molecule has 20 heavy (non-hydrogen) atoms. The number of rotatable bonds is 6. The number of nitrogens with one attached hydrogen (secondary N) is 1. The Morgan fingerprint density at radius 1 is 1.60 bits per heavy atom. The Balaban J connectivity index is 1.76. The summed E-state index contributed by atoms with van der Waals surface area (Å²) in [5.74, 6) is 1.30. The van der Waals surface area contributed by atoms with Crippen LogP contribution in [0.4, 0.5) is 0 Å². The lowest BCUT2D eigenvalue weighted by Gasteiger charge is -2.32. The first kappa shape index (κ1) is 15.3. The topological polar surface area (TPSA) is 71.1 Å². The number of carbonyl (C=O) groups excluding carboxylic acids is 1. The van der Waals surface area contributed by atoms with Gasteiger partial charge in [0.1, 0.15) is 5.82 Å². The molecule has 0 unspecified atom stereocenters. The molecule has 0 spiro atoms. The van der Waals surface area contributed by atoms with Crippen LogP contribution in [0.3, 0.4) is 0 Å². The fourth-order valence-corrected chi connectivity index (χ4v) is 2.94. The zero-order valence-electron chi connectivity index (χ0n) is 12.1. The summed E-state index contributed by atoms with van der Waals surface area (Å²) in [5.41, 5.74) is 0. The summed E-state index contributed by atoms with van der Waals surface area (Å²) in [6.07, 6.45) is 3.29. The van der Waals surface area contributed by atoms with Gasteiger partial charge in [-0.15, -0.1) is 5.10 Å². The largest absolute Gasteiger partial charge is 0.376 e. The number of nitrogens with zero attached hydrogens (tertiary/aromatic N) is 3. The number of hydrogen-bond donors (Lipinski definition) is 1. The third kappa shape index (κ3) is 4.49. The molecule has 7 heteroatoms. The summed E-state index contributed by atoms with van der Waals surface area (Å²) in [7, 11) is 0. The molecule has 1 atom stereocenters. The molecule has 1 fully saturated rings. The highest BCUT2D eigenvalue weighted by Gasteiger charge is 2.24. The Bertz CT molecular complexity index is 438. The molecule has 1 saturated heterocycles. The van der Waals surface area contributed by atoms with Crippen LogP contribution in [0.2, 0.25) is 0 Å². The first-order chi connectivity index (χ1) is 9.69.